The van der Waals surface area contributed by atoms with E-state index < -0.39 is 0 Å². The average molecular weight is 287 g/mol. The van der Waals surface area contributed by atoms with Gasteiger partial charge < -0.3 is 0 Å². The van der Waals surface area contributed by atoms with E-state index in [1.807, 2.05) is 0 Å². The Balaban J connectivity index is 2.58. The first-order chi connectivity index (χ1) is 8.11. The van der Waals surface area contributed by atoms with E-state index in [0.717, 1.165) is 5.56 Å². The molecule has 0 radical (unpaired) electrons. The van der Waals surface area contributed by atoms with E-state index in [0.29, 0.717) is 32.6 Å². The SMILES string of the molecule is O=Cc1cnc(Cl)c(-c2ccc(Cl)c(Cl)c2)c1. The first-order valence-electron chi connectivity index (χ1n) is 4.68. The summed E-state index contributed by atoms with van der Waals surface area (Å²) < 4.78 is 0. The molecule has 0 spiro atoms. The lowest BCUT2D eigenvalue weighted by atomic mass is 10.1. The largest absolute Gasteiger partial charge is 0.298 e. The summed E-state index contributed by atoms with van der Waals surface area (Å²) in [4.78, 5) is 14.6. The molecule has 0 unspecified atom stereocenters. The maximum absolute atomic E-state index is 10.7. The van der Waals surface area contributed by atoms with Gasteiger partial charge in [-0.25, -0.2) is 4.98 Å². The van der Waals surface area contributed by atoms with Gasteiger partial charge in [0.2, 0.25) is 0 Å². The van der Waals surface area contributed by atoms with E-state index >= 15 is 0 Å². The lowest BCUT2D eigenvalue weighted by Crippen LogP contribution is -1.88. The van der Waals surface area contributed by atoms with E-state index in [9.17, 15) is 4.79 Å². The summed E-state index contributed by atoms with van der Waals surface area (Å²) in [5.74, 6) is 0. The summed E-state index contributed by atoms with van der Waals surface area (Å²) in [6.45, 7) is 0. The summed E-state index contributed by atoms with van der Waals surface area (Å²) in [7, 11) is 0. The van der Waals surface area contributed by atoms with Crippen LogP contribution in [-0.4, -0.2) is 11.3 Å². The standard InChI is InChI=1S/C12H6Cl3NO/c13-10-2-1-8(4-11(10)14)9-3-7(6-17)5-16-12(9)15/h1-6H. The van der Waals surface area contributed by atoms with Crippen molar-refractivity contribution < 1.29 is 4.79 Å². The lowest BCUT2D eigenvalue weighted by Gasteiger charge is -2.05. The molecule has 0 bridgehead atoms. The Morgan fingerprint density at radius 3 is 2.47 bits per heavy atom. The molecule has 5 heteroatoms. The van der Waals surface area contributed by atoms with Gasteiger partial charge in [-0.05, 0) is 23.8 Å². The number of carbonyl (C=O) groups excluding carboxylic acids is 1. The molecule has 0 aliphatic carbocycles. The molecule has 1 aromatic heterocycles. The summed E-state index contributed by atoms with van der Waals surface area (Å²) in [6.07, 6.45) is 2.13. The van der Waals surface area contributed by atoms with Crippen molar-refractivity contribution in [3.05, 3.63) is 51.2 Å². The second-order valence-electron chi connectivity index (χ2n) is 3.35. The van der Waals surface area contributed by atoms with Crippen LogP contribution < -0.4 is 0 Å². The zero-order chi connectivity index (χ0) is 12.4. The molecule has 0 fully saturated rings. The molecule has 0 aliphatic rings. The van der Waals surface area contributed by atoms with Gasteiger partial charge >= 0.3 is 0 Å². The van der Waals surface area contributed by atoms with Gasteiger partial charge in [-0.2, -0.15) is 0 Å². The number of hydrogen-bond acceptors (Lipinski definition) is 2. The number of halogens is 3. The fourth-order valence-electron chi connectivity index (χ4n) is 1.39. The monoisotopic (exact) mass is 285 g/mol. The molecule has 2 rings (SSSR count). The van der Waals surface area contributed by atoms with Crippen LogP contribution in [0.2, 0.25) is 15.2 Å². The number of carbonyl (C=O) groups is 1. The lowest BCUT2D eigenvalue weighted by molar-refractivity contribution is 0.112. The van der Waals surface area contributed by atoms with Gasteiger partial charge in [0, 0.05) is 17.3 Å². The second-order valence-corrected chi connectivity index (χ2v) is 4.53. The highest BCUT2D eigenvalue weighted by molar-refractivity contribution is 6.42. The van der Waals surface area contributed by atoms with Crippen molar-refractivity contribution in [2.45, 2.75) is 0 Å². The molecule has 1 heterocycles. The number of aldehydes is 1. The van der Waals surface area contributed by atoms with Crippen LogP contribution in [0.15, 0.2) is 30.5 Å². The average Bonchev–Trinajstić information content (AvgIpc) is 2.33. The fourth-order valence-corrected chi connectivity index (χ4v) is 1.91. The molecule has 0 atom stereocenters. The molecule has 17 heavy (non-hydrogen) atoms. The summed E-state index contributed by atoms with van der Waals surface area (Å²) in [5.41, 5.74) is 1.87. The molecule has 2 aromatic rings. The van der Waals surface area contributed by atoms with Crippen molar-refractivity contribution in [2.75, 3.05) is 0 Å². The van der Waals surface area contributed by atoms with Crippen molar-refractivity contribution in [2.24, 2.45) is 0 Å². The van der Waals surface area contributed by atoms with Gasteiger partial charge in [-0.15, -0.1) is 0 Å². The fraction of sp³-hybridized carbons (Fsp3) is 0. The first-order valence-corrected chi connectivity index (χ1v) is 5.81. The smallest absolute Gasteiger partial charge is 0.151 e. The minimum atomic E-state index is 0.314. The molecule has 86 valence electrons. The van der Waals surface area contributed by atoms with Gasteiger partial charge in [0.1, 0.15) is 5.15 Å². The number of nitrogens with zero attached hydrogens (tertiary/aromatic N) is 1. The molecular formula is C12H6Cl3NO. The molecular weight excluding hydrogens is 280 g/mol. The van der Waals surface area contributed by atoms with Crippen LogP contribution >= 0.6 is 34.8 Å². The van der Waals surface area contributed by atoms with Gasteiger partial charge in [0.05, 0.1) is 10.0 Å². The van der Waals surface area contributed by atoms with E-state index in [1.165, 1.54) is 6.20 Å². The number of hydrogen-bond donors (Lipinski definition) is 0. The van der Waals surface area contributed by atoms with E-state index in [2.05, 4.69) is 4.98 Å². The van der Waals surface area contributed by atoms with Crippen LogP contribution in [0.4, 0.5) is 0 Å². The maximum atomic E-state index is 10.7. The highest BCUT2D eigenvalue weighted by Crippen LogP contribution is 2.31. The normalized spacial score (nSPS) is 10.3. The molecule has 0 amide bonds. The third kappa shape index (κ3) is 2.60. The predicted molar refractivity (Wildman–Crippen MR) is 70.1 cm³/mol. The highest BCUT2D eigenvalue weighted by atomic mass is 35.5. The first kappa shape index (κ1) is 12.4. The Morgan fingerprint density at radius 2 is 1.82 bits per heavy atom. The molecule has 0 N–H and O–H groups in total. The number of benzene rings is 1. The highest BCUT2D eigenvalue weighted by Gasteiger charge is 2.08. The van der Waals surface area contributed by atoms with Crippen LogP contribution in [0, 0.1) is 0 Å². The Hall–Kier alpha value is -1.09. The summed E-state index contributed by atoms with van der Waals surface area (Å²) in [6, 6.07) is 6.78. The minimum absolute atomic E-state index is 0.314. The van der Waals surface area contributed by atoms with E-state index in [4.69, 9.17) is 34.8 Å². The van der Waals surface area contributed by atoms with E-state index in [-0.39, 0.29) is 0 Å². The maximum Gasteiger partial charge on any atom is 0.151 e. The minimum Gasteiger partial charge on any atom is -0.298 e. The van der Waals surface area contributed by atoms with Crippen LogP contribution in [0.1, 0.15) is 10.4 Å². The molecule has 0 saturated heterocycles. The van der Waals surface area contributed by atoms with Crippen molar-refractivity contribution in [1.82, 2.24) is 4.98 Å². The number of rotatable bonds is 2. The van der Waals surface area contributed by atoms with Gasteiger partial charge in [-0.1, -0.05) is 40.9 Å². The Bertz CT molecular complexity index is 584. The van der Waals surface area contributed by atoms with Gasteiger partial charge in [0.25, 0.3) is 0 Å². The quantitative estimate of drug-likeness (QED) is 0.600. The summed E-state index contributed by atoms with van der Waals surface area (Å²) in [5, 5.41) is 1.21. The molecule has 0 saturated carbocycles. The third-order valence-electron chi connectivity index (χ3n) is 2.23. The second kappa shape index (κ2) is 5.05. The molecule has 1 aromatic carbocycles. The summed E-state index contributed by atoms with van der Waals surface area (Å²) >= 11 is 17.7. The van der Waals surface area contributed by atoms with E-state index in [1.54, 1.807) is 24.3 Å². The zero-order valence-corrected chi connectivity index (χ0v) is 10.7. The predicted octanol–water partition coefficient (Wildman–Crippen LogP) is 4.52. The molecule has 0 aliphatic heterocycles. The Morgan fingerprint density at radius 1 is 1.06 bits per heavy atom. The zero-order valence-electron chi connectivity index (χ0n) is 8.45. The number of pyridine rings is 1. The van der Waals surface area contributed by atoms with Crippen LogP contribution in [0.25, 0.3) is 11.1 Å². The van der Waals surface area contributed by atoms with Crippen LogP contribution in [0.5, 0.6) is 0 Å². The van der Waals surface area contributed by atoms with Crippen LogP contribution in [0.3, 0.4) is 0 Å². The third-order valence-corrected chi connectivity index (χ3v) is 3.27. The van der Waals surface area contributed by atoms with Gasteiger partial charge in [0.15, 0.2) is 6.29 Å². The Labute approximate surface area is 113 Å². The van der Waals surface area contributed by atoms with Crippen molar-refractivity contribution in [1.29, 1.82) is 0 Å². The van der Waals surface area contributed by atoms with Crippen molar-refractivity contribution in [3.63, 3.8) is 0 Å². The molecule has 2 nitrogen and oxygen atoms in total. The van der Waals surface area contributed by atoms with Gasteiger partial charge in [-0.3, -0.25) is 4.79 Å². The Kier molecular flexibility index (Phi) is 3.67. The number of aromatic nitrogens is 1. The van der Waals surface area contributed by atoms with Crippen LogP contribution in [-0.2, 0) is 0 Å². The van der Waals surface area contributed by atoms with Crippen molar-refractivity contribution in [3.8, 4) is 11.1 Å². The van der Waals surface area contributed by atoms with Crippen molar-refractivity contribution >= 4 is 41.1 Å². The topological polar surface area (TPSA) is 30.0 Å².